The summed E-state index contributed by atoms with van der Waals surface area (Å²) >= 11 is 0. The van der Waals surface area contributed by atoms with Crippen LogP contribution in [0.1, 0.15) is 19.4 Å². The van der Waals surface area contributed by atoms with E-state index < -0.39 is 6.10 Å². The van der Waals surface area contributed by atoms with Gasteiger partial charge in [0.25, 0.3) is 5.91 Å². The van der Waals surface area contributed by atoms with Crippen molar-refractivity contribution in [2.75, 3.05) is 32.8 Å². The Morgan fingerprint density at radius 3 is 2.35 bits per heavy atom. The molecule has 0 aromatic heterocycles. The zero-order valence-electron chi connectivity index (χ0n) is 13.9. The van der Waals surface area contributed by atoms with Crippen LogP contribution in [-0.4, -0.2) is 60.7 Å². The highest BCUT2D eigenvalue weighted by Crippen LogP contribution is 2.18. The Kier molecular flexibility index (Phi) is 5.84. The van der Waals surface area contributed by atoms with E-state index in [9.17, 15) is 9.59 Å². The molecule has 6 heteroatoms. The van der Waals surface area contributed by atoms with Crippen molar-refractivity contribution in [2.45, 2.75) is 26.9 Å². The number of amides is 2. The van der Waals surface area contributed by atoms with Gasteiger partial charge in [-0.15, -0.1) is 0 Å². The summed E-state index contributed by atoms with van der Waals surface area (Å²) in [5.74, 6) is 0.662. The van der Waals surface area contributed by atoms with E-state index >= 15 is 0 Å². The summed E-state index contributed by atoms with van der Waals surface area (Å²) in [5.41, 5.74) is 0.999. The minimum absolute atomic E-state index is 0.0586. The number of carbonyl (C=O) groups is 2. The van der Waals surface area contributed by atoms with E-state index in [-0.39, 0.29) is 12.0 Å². The van der Waals surface area contributed by atoms with E-state index in [2.05, 4.69) is 0 Å². The molecule has 0 unspecified atom stereocenters. The molecule has 0 radical (unpaired) electrons. The van der Waals surface area contributed by atoms with Crippen LogP contribution >= 0.6 is 0 Å². The molecule has 1 aromatic rings. The molecule has 0 aliphatic carbocycles. The van der Waals surface area contributed by atoms with Crippen LogP contribution in [0.25, 0.3) is 0 Å². The lowest BCUT2D eigenvalue weighted by atomic mass is 10.2. The van der Waals surface area contributed by atoms with Crippen molar-refractivity contribution in [2.24, 2.45) is 0 Å². The van der Waals surface area contributed by atoms with Gasteiger partial charge in [-0.25, -0.2) is 4.79 Å². The summed E-state index contributed by atoms with van der Waals surface area (Å²) in [6.45, 7) is 7.82. The number of benzene rings is 1. The van der Waals surface area contributed by atoms with E-state index in [1.807, 2.05) is 31.2 Å². The van der Waals surface area contributed by atoms with Gasteiger partial charge in [-0.3, -0.25) is 4.79 Å². The summed E-state index contributed by atoms with van der Waals surface area (Å²) in [5, 5.41) is 0. The first-order chi connectivity index (χ1) is 11.0. The fourth-order valence-electron chi connectivity index (χ4n) is 2.51. The SMILES string of the molecule is CCOC(=O)N1CCN(C(=O)[C@H](C)Oc2ccccc2C)CC1. The number of rotatable bonds is 4. The van der Waals surface area contributed by atoms with Crippen LogP contribution in [0, 0.1) is 6.92 Å². The molecule has 0 spiro atoms. The Morgan fingerprint density at radius 2 is 1.74 bits per heavy atom. The molecule has 126 valence electrons. The largest absolute Gasteiger partial charge is 0.481 e. The fraction of sp³-hybridized carbons (Fsp3) is 0.529. The van der Waals surface area contributed by atoms with Gasteiger partial charge in [-0.05, 0) is 32.4 Å². The molecule has 1 aliphatic heterocycles. The molecule has 23 heavy (non-hydrogen) atoms. The predicted molar refractivity (Wildman–Crippen MR) is 86.4 cm³/mol. The number of nitrogens with zero attached hydrogens (tertiary/aromatic N) is 2. The van der Waals surface area contributed by atoms with Gasteiger partial charge < -0.3 is 19.3 Å². The molecule has 0 N–H and O–H groups in total. The summed E-state index contributed by atoms with van der Waals surface area (Å²) in [6.07, 6.45) is -0.867. The van der Waals surface area contributed by atoms with Crippen molar-refractivity contribution < 1.29 is 19.1 Å². The number of para-hydroxylation sites is 1. The Labute approximate surface area is 137 Å². The highest BCUT2D eigenvalue weighted by Gasteiger charge is 2.28. The lowest BCUT2D eigenvalue weighted by Gasteiger charge is -2.35. The van der Waals surface area contributed by atoms with Crippen LogP contribution in [-0.2, 0) is 9.53 Å². The van der Waals surface area contributed by atoms with E-state index in [1.165, 1.54) is 0 Å². The second-order valence-corrected chi connectivity index (χ2v) is 5.54. The van der Waals surface area contributed by atoms with E-state index in [0.29, 0.717) is 32.8 Å². The number of hydrogen-bond donors (Lipinski definition) is 0. The van der Waals surface area contributed by atoms with Crippen molar-refractivity contribution in [3.05, 3.63) is 29.8 Å². The summed E-state index contributed by atoms with van der Waals surface area (Å²) in [4.78, 5) is 27.5. The Balaban J connectivity index is 1.87. The van der Waals surface area contributed by atoms with Crippen molar-refractivity contribution in [3.63, 3.8) is 0 Å². The van der Waals surface area contributed by atoms with Crippen molar-refractivity contribution >= 4 is 12.0 Å². The maximum absolute atomic E-state index is 12.5. The smallest absolute Gasteiger partial charge is 0.409 e. The molecule has 2 amide bonds. The van der Waals surface area contributed by atoms with Gasteiger partial charge in [0, 0.05) is 26.2 Å². The number of carbonyl (C=O) groups excluding carboxylic acids is 2. The van der Waals surface area contributed by atoms with Gasteiger partial charge in [0.05, 0.1) is 6.61 Å². The van der Waals surface area contributed by atoms with Crippen LogP contribution in [0.3, 0.4) is 0 Å². The normalized spacial score (nSPS) is 16.0. The first kappa shape index (κ1) is 17.1. The standard InChI is InChI=1S/C17H24N2O4/c1-4-22-17(21)19-11-9-18(10-12-19)16(20)14(3)23-15-8-6-5-7-13(15)2/h5-8,14H,4,9-12H2,1-3H3/t14-/m0/s1. The third-order valence-corrected chi connectivity index (χ3v) is 3.86. The highest BCUT2D eigenvalue weighted by atomic mass is 16.6. The monoisotopic (exact) mass is 320 g/mol. The van der Waals surface area contributed by atoms with Gasteiger partial charge in [-0.1, -0.05) is 18.2 Å². The van der Waals surface area contributed by atoms with Crippen molar-refractivity contribution in [1.82, 2.24) is 9.80 Å². The topological polar surface area (TPSA) is 59.1 Å². The van der Waals surface area contributed by atoms with Gasteiger partial charge in [0.2, 0.25) is 0 Å². The Bertz CT molecular complexity index is 553. The van der Waals surface area contributed by atoms with Crippen LogP contribution in [0.2, 0.25) is 0 Å². The molecule has 2 rings (SSSR count). The fourth-order valence-corrected chi connectivity index (χ4v) is 2.51. The second-order valence-electron chi connectivity index (χ2n) is 5.54. The molecular weight excluding hydrogens is 296 g/mol. The zero-order valence-corrected chi connectivity index (χ0v) is 13.9. The predicted octanol–water partition coefficient (Wildman–Crippen LogP) is 2.06. The lowest BCUT2D eigenvalue weighted by molar-refractivity contribution is -0.139. The van der Waals surface area contributed by atoms with Crippen molar-refractivity contribution in [1.29, 1.82) is 0 Å². The molecular formula is C17H24N2O4. The van der Waals surface area contributed by atoms with Gasteiger partial charge in [0.1, 0.15) is 5.75 Å². The molecule has 1 atom stereocenters. The van der Waals surface area contributed by atoms with Crippen LogP contribution in [0.15, 0.2) is 24.3 Å². The maximum Gasteiger partial charge on any atom is 0.409 e. The molecule has 1 aliphatic rings. The summed E-state index contributed by atoms with van der Waals surface area (Å²) in [6, 6.07) is 7.63. The number of aryl methyl sites for hydroxylation is 1. The molecule has 0 bridgehead atoms. The second kappa shape index (κ2) is 7.85. The Morgan fingerprint density at radius 1 is 1.13 bits per heavy atom. The average molecular weight is 320 g/mol. The lowest BCUT2D eigenvalue weighted by Crippen LogP contribution is -2.53. The molecule has 0 saturated carbocycles. The molecule has 6 nitrogen and oxygen atoms in total. The van der Waals surface area contributed by atoms with Crippen LogP contribution < -0.4 is 4.74 Å². The molecule has 1 heterocycles. The first-order valence-corrected chi connectivity index (χ1v) is 7.95. The van der Waals surface area contributed by atoms with Gasteiger partial charge in [0.15, 0.2) is 6.10 Å². The van der Waals surface area contributed by atoms with E-state index in [0.717, 1.165) is 11.3 Å². The Hall–Kier alpha value is -2.24. The third kappa shape index (κ3) is 4.37. The van der Waals surface area contributed by atoms with E-state index in [1.54, 1.807) is 23.6 Å². The average Bonchev–Trinajstić information content (AvgIpc) is 2.56. The maximum atomic E-state index is 12.5. The molecule has 1 fully saturated rings. The van der Waals surface area contributed by atoms with Crippen LogP contribution in [0.5, 0.6) is 5.75 Å². The highest BCUT2D eigenvalue weighted by molar-refractivity contribution is 5.81. The summed E-state index contributed by atoms with van der Waals surface area (Å²) in [7, 11) is 0. The van der Waals surface area contributed by atoms with Gasteiger partial charge in [-0.2, -0.15) is 0 Å². The zero-order chi connectivity index (χ0) is 16.8. The minimum atomic E-state index is -0.551. The molecule has 1 aromatic carbocycles. The third-order valence-electron chi connectivity index (χ3n) is 3.86. The molecule has 1 saturated heterocycles. The van der Waals surface area contributed by atoms with E-state index in [4.69, 9.17) is 9.47 Å². The van der Waals surface area contributed by atoms with Crippen LogP contribution in [0.4, 0.5) is 4.79 Å². The summed E-state index contributed by atoms with van der Waals surface area (Å²) < 4.78 is 10.8. The van der Waals surface area contributed by atoms with Crippen molar-refractivity contribution in [3.8, 4) is 5.75 Å². The minimum Gasteiger partial charge on any atom is -0.481 e. The van der Waals surface area contributed by atoms with Gasteiger partial charge >= 0.3 is 6.09 Å². The number of piperazine rings is 1. The number of hydrogen-bond acceptors (Lipinski definition) is 4. The number of ether oxygens (including phenoxy) is 2. The quantitative estimate of drug-likeness (QED) is 0.852. The first-order valence-electron chi connectivity index (χ1n) is 7.95.